The molecule has 2 fully saturated rings. The molecule has 0 saturated carbocycles. The highest BCUT2D eigenvalue weighted by atomic mass is 32.2. The number of carbonyl (C=O) groups is 2. The number of hydrogen-bond acceptors (Lipinski definition) is 7. The lowest BCUT2D eigenvalue weighted by molar-refractivity contribution is -0.384. The molecule has 1 aromatic carbocycles. The number of hydrogen-bond donors (Lipinski definition) is 2. The molecule has 10 heteroatoms. The van der Waals surface area contributed by atoms with Crippen molar-refractivity contribution >= 4 is 29.4 Å². The number of nitro groups is 1. The van der Waals surface area contributed by atoms with Gasteiger partial charge in [0.2, 0.25) is 5.91 Å². The van der Waals surface area contributed by atoms with E-state index in [0.29, 0.717) is 5.75 Å². The van der Waals surface area contributed by atoms with E-state index in [1.54, 1.807) is 35.8 Å². The lowest BCUT2D eigenvalue weighted by Gasteiger charge is -2.49. The zero-order valence-corrected chi connectivity index (χ0v) is 15.5. The molecule has 2 N–H and O–H groups in total. The molecule has 26 heavy (non-hydrogen) atoms. The minimum absolute atomic E-state index is 0.0525. The van der Waals surface area contributed by atoms with Crippen molar-refractivity contribution < 1.29 is 14.5 Å². The van der Waals surface area contributed by atoms with Crippen molar-refractivity contribution in [2.75, 3.05) is 14.1 Å². The van der Waals surface area contributed by atoms with Crippen molar-refractivity contribution in [3.63, 3.8) is 0 Å². The first kappa shape index (κ1) is 18.6. The van der Waals surface area contributed by atoms with Gasteiger partial charge in [0.15, 0.2) is 0 Å². The number of non-ortho nitro benzene ring substituents is 1. The van der Waals surface area contributed by atoms with E-state index in [1.165, 1.54) is 19.2 Å². The number of carbonyl (C=O) groups excluding carboxylic acids is 2. The van der Waals surface area contributed by atoms with Gasteiger partial charge in [0, 0.05) is 32.0 Å². The normalized spacial score (nSPS) is 28.9. The van der Waals surface area contributed by atoms with Crippen LogP contribution in [0.15, 0.2) is 24.3 Å². The molecule has 2 saturated heterocycles. The molecule has 2 aliphatic rings. The van der Waals surface area contributed by atoms with E-state index in [0.717, 1.165) is 10.5 Å². The van der Waals surface area contributed by atoms with Crippen molar-refractivity contribution in [2.24, 2.45) is 5.92 Å². The Labute approximate surface area is 155 Å². The number of urea groups is 1. The Balaban J connectivity index is 1.74. The Hall–Kier alpha value is -2.17. The number of nitrogens with zero attached hydrogens (tertiary/aromatic N) is 3. The average Bonchev–Trinajstić information content (AvgIpc) is 2.62. The van der Waals surface area contributed by atoms with E-state index in [4.69, 9.17) is 0 Å². The molecule has 1 aromatic rings. The Kier molecular flexibility index (Phi) is 5.17. The molecule has 9 nitrogen and oxygen atoms in total. The summed E-state index contributed by atoms with van der Waals surface area (Å²) in [4.78, 5) is 37.9. The van der Waals surface area contributed by atoms with Gasteiger partial charge in [-0.05, 0) is 12.5 Å². The fraction of sp³-hybridized carbons (Fsp3) is 0.500. The molecular formula is C16H21N5O4S. The lowest BCUT2D eigenvalue weighted by atomic mass is 9.97. The summed E-state index contributed by atoms with van der Waals surface area (Å²) in [6.07, 6.45) is -0.422. The molecule has 0 aliphatic carbocycles. The number of amides is 3. The molecule has 4 unspecified atom stereocenters. The van der Waals surface area contributed by atoms with E-state index in [-0.39, 0.29) is 35.3 Å². The second kappa shape index (κ2) is 7.22. The van der Waals surface area contributed by atoms with E-state index < -0.39 is 10.8 Å². The van der Waals surface area contributed by atoms with Gasteiger partial charge in [-0.2, -0.15) is 0 Å². The molecule has 3 rings (SSSR count). The van der Waals surface area contributed by atoms with Gasteiger partial charge < -0.3 is 4.90 Å². The van der Waals surface area contributed by atoms with Crippen LogP contribution in [0.1, 0.15) is 12.5 Å². The molecule has 0 aromatic heterocycles. The van der Waals surface area contributed by atoms with E-state index >= 15 is 0 Å². The molecular weight excluding hydrogens is 358 g/mol. The van der Waals surface area contributed by atoms with Crippen LogP contribution in [0.3, 0.4) is 0 Å². The van der Waals surface area contributed by atoms with E-state index in [2.05, 4.69) is 10.6 Å². The SMILES string of the molecule is CC1NC(SCc2ccc([N+](=O)[O-])cc2)C2C(=O)N(C)C(=O)N(C)C2N1. The number of nitrogens with one attached hydrogen (secondary N) is 2. The van der Waals surface area contributed by atoms with Crippen LogP contribution in [-0.4, -0.2) is 58.5 Å². The van der Waals surface area contributed by atoms with Crippen molar-refractivity contribution in [1.82, 2.24) is 20.4 Å². The van der Waals surface area contributed by atoms with Crippen LogP contribution in [0, 0.1) is 16.0 Å². The van der Waals surface area contributed by atoms with Crippen LogP contribution in [0.5, 0.6) is 0 Å². The summed E-state index contributed by atoms with van der Waals surface area (Å²) in [5.41, 5.74) is 0.989. The van der Waals surface area contributed by atoms with Gasteiger partial charge >= 0.3 is 6.03 Å². The van der Waals surface area contributed by atoms with Crippen LogP contribution in [0.25, 0.3) is 0 Å². The first-order valence-electron chi connectivity index (χ1n) is 8.21. The van der Waals surface area contributed by atoms with Crippen LogP contribution in [0.2, 0.25) is 0 Å². The third-order valence-corrected chi connectivity index (χ3v) is 5.99. The highest BCUT2D eigenvalue weighted by Crippen LogP contribution is 2.32. The number of imide groups is 1. The van der Waals surface area contributed by atoms with E-state index in [9.17, 15) is 19.7 Å². The fourth-order valence-corrected chi connectivity index (χ4v) is 4.60. The summed E-state index contributed by atoms with van der Waals surface area (Å²) < 4.78 is 0. The summed E-state index contributed by atoms with van der Waals surface area (Å²) in [5, 5.41) is 17.2. The molecule has 0 bridgehead atoms. The third kappa shape index (κ3) is 3.39. The first-order chi connectivity index (χ1) is 12.3. The van der Waals surface area contributed by atoms with Crippen molar-refractivity contribution in [1.29, 1.82) is 0 Å². The van der Waals surface area contributed by atoms with Crippen LogP contribution < -0.4 is 10.6 Å². The zero-order valence-electron chi connectivity index (χ0n) is 14.7. The minimum atomic E-state index is -0.430. The van der Waals surface area contributed by atoms with Gasteiger partial charge in [0.05, 0.1) is 28.5 Å². The Morgan fingerprint density at radius 3 is 2.46 bits per heavy atom. The van der Waals surface area contributed by atoms with Gasteiger partial charge in [0.25, 0.3) is 5.69 Å². The van der Waals surface area contributed by atoms with Crippen molar-refractivity contribution in [2.45, 2.75) is 30.4 Å². The number of nitro benzene ring substituents is 1. The van der Waals surface area contributed by atoms with Crippen LogP contribution >= 0.6 is 11.8 Å². The standard InChI is InChI=1S/C16H21N5O4S/c1-9-17-13-12(15(22)20(3)16(23)19(13)2)14(18-9)26-8-10-4-6-11(7-5-10)21(24)25/h4-7,9,12-14,17-18H,8H2,1-3H3. The second-order valence-corrected chi connectivity index (χ2v) is 7.60. The average molecular weight is 379 g/mol. The second-order valence-electron chi connectivity index (χ2n) is 6.47. The number of thioether (sulfide) groups is 1. The molecule has 2 aliphatic heterocycles. The lowest BCUT2D eigenvalue weighted by Crippen LogP contribution is -2.73. The summed E-state index contributed by atoms with van der Waals surface area (Å²) in [6, 6.07) is 6.07. The first-order valence-corrected chi connectivity index (χ1v) is 9.26. The summed E-state index contributed by atoms with van der Waals surface area (Å²) in [7, 11) is 3.18. The summed E-state index contributed by atoms with van der Waals surface area (Å²) in [6.45, 7) is 1.94. The number of benzene rings is 1. The number of rotatable bonds is 4. The predicted octanol–water partition coefficient (Wildman–Crippen LogP) is 1.16. The van der Waals surface area contributed by atoms with Gasteiger partial charge in [-0.3, -0.25) is 30.4 Å². The van der Waals surface area contributed by atoms with Gasteiger partial charge in [0.1, 0.15) is 0 Å². The Morgan fingerprint density at radius 1 is 1.19 bits per heavy atom. The molecule has 2 heterocycles. The topological polar surface area (TPSA) is 108 Å². The zero-order chi connectivity index (χ0) is 19.0. The molecule has 140 valence electrons. The summed E-state index contributed by atoms with van der Waals surface area (Å²) >= 11 is 1.56. The monoisotopic (exact) mass is 379 g/mol. The maximum Gasteiger partial charge on any atom is 0.327 e. The van der Waals surface area contributed by atoms with E-state index in [1.807, 2.05) is 6.92 Å². The van der Waals surface area contributed by atoms with Crippen LogP contribution in [0.4, 0.5) is 10.5 Å². The van der Waals surface area contributed by atoms with Gasteiger partial charge in [-0.1, -0.05) is 12.1 Å². The predicted molar refractivity (Wildman–Crippen MR) is 97.1 cm³/mol. The largest absolute Gasteiger partial charge is 0.327 e. The molecule has 3 amide bonds. The highest BCUT2D eigenvalue weighted by molar-refractivity contribution is 7.99. The van der Waals surface area contributed by atoms with Crippen molar-refractivity contribution in [3.05, 3.63) is 39.9 Å². The van der Waals surface area contributed by atoms with Gasteiger partial charge in [-0.15, -0.1) is 11.8 Å². The third-order valence-electron chi connectivity index (χ3n) is 4.70. The molecule has 0 spiro atoms. The van der Waals surface area contributed by atoms with Crippen molar-refractivity contribution in [3.8, 4) is 0 Å². The quantitative estimate of drug-likeness (QED) is 0.597. The smallest absolute Gasteiger partial charge is 0.311 e. The Bertz CT molecular complexity index is 728. The maximum absolute atomic E-state index is 12.7. The molecule has 0 radical (unpaired) electrons. The van der Waals surface area contributed by atoms with Gasteiger partial charge in [-0.25, -0.2) is 4.79 Å². The highest BCUT2D eigenvalue weighted by Gasteiger charge is 2.50. The fourth-order valence-electron chi connectivity index (χ4n) is 3.27. The Morgan fingerprint density at radius 2 is 1.85 bits per heavy atom. The maximum atomic E-state index is 12.7. The summed E-state index contributed by atoms with van der Waals surface area (Å²) in [5.74, 6) is -0.0339. The van der Waals surface area contributed by atoms with Crippen LogP contribution in [-0.2, 0) is 10.5 Å². The minimum Gasteiger partial charge on any atom is -0.311 e. The molecule has 4 atom stereocenters. The number of fused-ring (bicyclic) bond motifs is 1.